The molecule has 3 nitrogen and oxygen atoms in total. The van der Waals surface area contributed by atoms with Crippen LogP contribution in [0.2, 0.25) is 0 Å². The van der Waals surface area contributed by atoms with E-state index in [1.165, 1.54) is 16.3 Å². The van der Waals surface area contributed by atoms with Gasteiger partial charge in [0, 0.05) is 10.6 Å². The predicted octanol–water partition coefficient (Wildman–Crippen LogP) is 3.09. The highest BCUT2D eigenvalue weighted by Crippen LogP contribution is 2.38. The Morgan fingerprint density at radius 3 is 2.22 bits per heavy atom. The van der Waals surface area contributed by atoms with Gasteiger partial charge in [0.05, 0.1) is 11.1 Å². The van der Waals surface area contributed by atoms with Crippen molar-refractivity contribution in [2.45, 2.75) is 29.9 Å². The highest BCUT2D eigenvalue weighted by molar-refractivity contribution is 7.98. The molecule has 1 heterocycles. The lowest BCUT2D eigenvalue weighted by atomic mass is 10.1. The lowest BCUT2D eigenvalue weighted by molar-refractivity contribution is 0.0776. The molecule has 2 amide bonds. The first-order valence-electron chi connectivity index (χ1n) is 5.97. The molecule has 1 aliphatic carbocycles. The predicted molar refractivity (Wildman–Crippen MR) is 71.8 cm³/mol. The Balaban J connectivity index is 1.84. The molecule has 18 heavy (non-hydrogen) atoms. The molecule has 0 N–H and O–H groups in total. The van der Waals surface area contributed by atoms with Gasteiger partial charge in [-0.05, 0) is 36.9 Å². The second-order valence-electron chi connectivity index (χ2n) is 4.54. The Labute approximate surface area is 115 Å². The fourth-order valence-corrected chi connectivity index (χ4v) is 4.02. The minimum Gasteiger partial charge on any atom is -0.268 e. The monoisotopic (exact) mass is 281 g/mol. The van der Waals surface area contributed by atoms with Crippen LogP contribution in [0.3, 0.4) is 0 Å². The van der Waals surface area contributed by atoms with Gasteiger partial charge in [-0.3, -0.25) is 9.59 Å². The molecule has 0 bridgehead atoms. The number of amides is 2. The van der Waals surface area contributed by atoms with Gasteiger partial charge in [-0.2, -0.15) is 0 Å². The molecular weight excluding hydrogens is 270 g/mol. The zero-order valence-corrected chi connectivity index (χ0v) is 11.2. The Bertz CT molecular complexity index is 484. The van der Waals surface area contributed by atoms with Crippen molar-refractivity contribution in [1.82, 2.24) is 4.31 Å². The average Bonchev–Trinajstić information content (AvgIpc) is 2.89. The number of rotatable bonds is 2. The van der Waals surface area contributed by atoms with Crippen molar-refractivity contribution >= 4 is 35.4 Å². The summed E-state index contributed by atoms with van der Waals surface area (Å²) >= 11 is 7.49. The van der Waals surface area contributed by atoms with Crippen molar-refractivity contribution in [3.8, 4) is 0 Å². The van der Waals surface area contributed by atoms with Crippen LogP contribution in [0.5, 0.6) is 0 Å². The van der Waals surface area contributed by atoms with E-state index in [-0.39, 0.29) is 22.4 Å². The number of fused-ring (bicyclic) bond motifs is 1. The Morgan fingerprint density at radius 1 is 1.11 bits per heavy atom. The Kier molecular flexibility index (Phi) is 3.08. The van der Waals surface area contributed by atoms with Crippen molar-refractivity contribution in [3.05, 3.63) is 35.4 Å². The number of nitrogens with zero attached hydrogens (tertiary/aromatic N) is 1. The van der Waals surface area contributed by atoms with Crippen LogP contribution < -0.4 is 0 Å². The van der Waals surface area contributed by atoms with Gasteiger partial charge in [0.2, 0.25) is 0 Å². The SMILES string of the molecule is O=C1c2ccccc2C(=O)N1SC1CCCC1Cl. The maximum Gasteiger partial charge on any atom is 0.271 e. The van der Waals surface area contributed by atoms with Crippen molar-refractivity contribution in [2.75, 3.05) is 0 Å². The summed E-state index contributed by atoms with van der Waals surface area (Å²) in [6.45, 7) is 0. The zero-order valence-electron chi connectivity index (χ0n) is 9.64. The third-order valence-electron chi connectivity index (χ3n) is 3.37. The first kappa shape index (κ1) is 12.1. The lowest BCUT2D eigenvalue weighted by Crippen LogP contribution is -2.27. The van der Waals surface area contributed by atoms with Crippen LogP contribution in [0.15, 0.2) is 24.3 Å². The summed E-state index contributed by atoms with van der Waals surface area (Å²) in [7, 11) is 0. The normalized spacial score (nSPS) is 26.8. The van der Waals surface area contributed by atoms with Crippen molar-refractivity contribution in [1.29, 1.82) is 0 Å². The number of alkyl halides is 1. The van der Waals surface area contributed by atoms with E-state index < -0.39 is 0 Å². The molecule has 0 saturated heterocycles. The number of halogens is 1. The summed E-state index contributed by atoms with van der Waals surface area (Å²) in [5, 5.41) is 0.216. The highest BCUT2D eigenvalue weighted by atomic mass is 35.5. The van der Waals surface area contributed by atoms with Crippen LogP contribution >= 0.6 is 23.5 Å². The molecule has 1 aromatic carbocycles. The van der Waals surface area contributed by atoms with Crippen molar-refractivity contribution < 1.29 is 9.59 Å². The smallest absolute Gasteiger partial charge is 0.268 e. The number of hydrogen-bond acceptors (Lipinski definition) is 3. The highest BCUT2D eigenvalue weighted by Gasteiger charge is 2.39. The number of hydrogen-bond donors (Lipinski definition) is 0. The second-order valence-corrected chi connectivity index (χ2v) is 6.28. The van der Waals surface area contributed by atoms with Crippen LogP contribution in [0, 0.1) is 0 Å². The molecule has 2 atom stereocenters. The van der Waals surface area contributed by atoms with E-state index in [2.05, 4.69) is 0 Å². The maximum atomic E-state index is 12.1. The number of benzene rings is 1. The van der Waals surface area contributed by atoms with Gasteiger partial charge in [0.1, 0.15) is 0 Å². The van der Waals surface area contributed by atoms with E-state index >= 15 is 0 Å². The molecule has 1 aromatic rings. The molecular formula is C13H12ClNO2S. The summed E-state index contributed by atoms with van der Waals surface area (Å²) < 4.78 is 1.27. The number of imide groups is 1. The molecule has 94 valence electrons. The second kappa shape index (κ2) is 4.59. The molecule has 2 aliphatic rings. The minimum absolute atomic E-state index is 0.0549. The fraction of sp³-hybridized carbons (Fsp3) is 0.385. The average molecular weight is 282 g/mol. The lowest BCUT2D eigenvalue weighted by Gasteiger charge is -2.19. The van der Waals surface area contributed by atoms with E-state index in [1.54, 1.807) is 24.3 Å². The largest absolute Gasteiger partial charge is 0.271 e. The topological polar surface area (TPSA) is 37.4 Å². The van der Waals surface area contributed by atoms with Crippen molar-refractivity contribution in [3.63, 3.8) is 0 Å². The molecule has 0 aromatic heterocycles. The third-order valence-corrected chi connectivity index (χ3v) is 5.42. The fourth-order valence-electron chi connectivity index (χ4n) is 2.40. The summed E-state index contributed by atoms with van der Waals surface area (Å²) in [6, 6.07) is 6.95. The third kappa shape index (κ3) is 1.84. The summed E-state index contributed by atoms with van der Waals surface area (Å²) in [6.07, 6.45) is 2.99. The van der Waals surface area contributed by atoms with Gasteiger partial charge >= 0.3 is 0 Å². The maximum absolute atomic E-state index is 12.1. The van der Waals surface area contributed by atoms with Gasteiger partial charge in [-0.1, -0.05) is 18.6 Å². The standard InChI is InChI=1S/C13H12ClNO2S/c14-10-6-3-7-11(10)18-15-12(16)8-4-1-2-5-9(8)13(15)17/h1-2,4-5,10-11H,3,6-7H2. The van der Waals surface area contributed by atoms with Gasteiger partial charge < -0.3 is 0 Å². The molecule has 1 aliphatic heterocycles. The van der Waals surface area contributed by atoms with E-state index in [0.29, 0.717) is 11.1 Å². The van der Waals surface area contributed by atoms with Crippen LogP contribution in [-0.4, -0.2) is 26.7 Å². The first-order valence-corrected chi connectivity index (χ1v) is 7.24. The van der Waals surface area contributed by atoms with Crippen LogP contribution in [-0.2, 0) is 0 Å². The minimum atomic E-state index is -0.212. The summed E-state index contributed by atoms with van der Waals surface area (Å²) in [5.74, 6) is -0.423. The molecule has 5 heteroatoms. The van der Waals surface area contributed by atoms with Crippen LogP contribution in [0.4, 0.5) is 0 Å². The molecule has 1 saturated carbocycles. The molecule has 0 spiro atoms. The van der Waals surface area contributed by atoms with E-state index in [9.17, 15) is 9.59 Å². The Morgan fingerprint density at radius 2 is 1.72 bits per heavy atom. The van der Waals surface area contributed by atoms with E-state index in [4.69, 9.17) is 11.6 Å². The summed E-state index contributed by atoms with van der Waals surface area (Å²) in [5.41, 5.74) is 0.998. The van der Waals surface area contributed by atoms with Crippen molar-refractivity contribution in [2.24, 2.45) is 0 Å². The molecule has 0 radical (unpaired) electrons. The van der Waals surface area contributed by atoms with Crippen LogP contribution in [0.25, 0.3) is 0 Å². The van der Waals surface area contributed by atoms with Gasteiger partial charge in [-0.25, -0.2) is 4.31 Å². The van der Waals surface area contributed by atoms with E-state index in [0.717, 1.165) is 19.3 Å². The number of carbonyl (C=O) groups excluding carboxylic acids is 2. The molecule has 2 unspecified atom stereocenters. The quantitative estimate of drug-likeness (QED) is 0.475. The van der Waals surface area contributed by atoms with Gasteiger partial charge in [-0.15, -0.1) is 11.6 Å². The first-order chi connectivity index (χ1) is 8.68. The number of carbonyl (C=O) groups is 2. The Hall–Kier alpha value is -1.00. The molecule has 3 rings (SSSR count). The summed E-state index contributed by atoms with van der Waals surface area (Å²) in [4.78, 5) is 24.3. The van der Waals surface area contributed by atoms with Crippen LogP contribution in [0.1, 0.15) is 40.0 Å². The molecule has 1 fully saturated rings. The van der Waals surface area contributed by atoms with E-state index in [1.807, 2.05) is 0 Å². The van der Waals surface area contributed by atoms with Gasteiger partial charge in [0.15, 0.2) is 0 Å². The van der Waals surface area contributed by atoms with Gasteiger partial charge in [0.25, 0.3) is 11.8 Å². The zero-order chi connectivity index (χ0) is 12.7.